The van der Waals surface area contributed by atoms with Gasteiger partial charge in [-0.1, -0.05) is 16.5 Å². The second-order valence-electron chi connectivity index (χ2n) is 1.92. The molecule has 0 saturated heterocycles. The number of nitrogens with two attached hydrogens (primary N) is 1. The third-order valence-corrected chi connectivity index (χ3v) is 2.05. The Labute approximate surface area is 71.1 Å². The van der Waals surface area contributed by atoms with Gasteiger partial charge in [-0.3, -0.25) is 10.1 Å². The molecule has 6 nitrogen and oxygen atoms in total. The van der Waals surface area contributed by atoms with Crippen molar-refractivity contribution in [1.82, 2.24) is 0 Å². The molecule has 0 aliphatic rings. The molecule has 0 amide bonds. The fourth-order valence-corrected chi connectivity index (χ4v) is 1.33. The molecule has 0 radical (unpaired) electrons. The van der Waals surface area contributed by atoms with Crippen molar-refractivity contribution < 1.29 is 10.1 Å². The van der Waals surface area contributed by atoms with E-state index in [1.54, 1.807) is 0 Å². The molecule has 7 heteroatoms. The summed E-state index contributed by atoms with van der Waals surface area (Å²) in [5.74, 6) is -0.126. The molecule has 64 valence electrons. The smallest absolute Gasteiger partial charge is 0.324 e. The zero-order valence-corrected chi connectivity index (χ0v) is 6.61. The van der Waals surface area contributed by atoms with Crippen molar-refractivity contribution in [2.24, 2.45) is 10.9 Å². The van der Waals surface area contributed by atoms with Crippen LogP contribution in [0.1, 0.15) is 5.56 Å². The number of hydrogen-bond donors (Lipinski definition) is 2. The molecule has 1 heterocycles. The molecule has 12 heavy (non-hydrogen) atoms. The maximum absolute atomic E-state index is 10.2. The summed E-state index contributed by atoms with van der Waals surface area (Å²) < 4.78 is 0. The van der Waals surface area contributed by atoms with Crippen LogP contribution in [0.2, 0.25) is 0 Å². The van der Waals surface area contributed by atoms with E-state index in [0.29, 0.717) is 5.56 Å². The molecule has 0 unspecified atom stereocenters. The van der Waals surface area contributed by atoms with Gasteiger partial charge in [0.05, 0.1) is 4.92 Å². The zero-order chi connectivity index (χ0) is 9.14. The largest absolute Gasteiger partial charge is 0.409 e. The number of thiophene rings is 1. The van der Waals surface area contributed by atoms with Crippen LogP contribution in [0.3, 0.4) is 0 Å². The lowest BCUT2D eigenvalue weighted by Crippen LogP contribution is -2.11. The number of nitrogens with zero attached hydrogens (tertiary/aromatic N) is 2. The van der Waals surface area contributed by atoms with Crippen LogP contribution in [0, 0.1) is 10.1 Å². The summed E-state index contributed by atoms with van der Waals surface area (Å²) in [6.07, 6.45) is 0. The van der Waals surface area contributed by atoms with Crippen molar-refractivity contribution in [1.29, 1.82) is 0 Å². The summed E-state index contributed by atoms with van der Waals surface area (Å²) in [5, 5.41) is 22.6. The maximum atomic E-state index is 10.2. The van der Waals surface area contributed by atoms with Gasteiger partial charge in [0.25, 0.3) is 0 Å². The first-order valence-electron chi connectivity index (χ1n) is 2.86. The Balaban J connectivity index is 2.99. The van der Waals surface area contributed by atoms with Crippen LogP contribution in [0.5, 0.6) is 0 Å². The first kappa shape index (κ1) is 8.47. The molecule has 0 aliphatic heterocycles. The molecule has 0 atom stereocenters. The maximum Gasteiger partial charge on any atom is 0.324 e. The van der Waals surface area contributed by atoms with Gasteiger partial charge in [-0.25, -0.2) is 0 Å². The van der Waals surface area contributed by atoms with Crippen LogP contribution < -0.4 is 5.73 Å². The third-order valence-electron chi connectivity index (χ3n) is 1.17. The van der Waals surface area contributed by atoms with Crippen molar-refractivity contribution in [3.8, 4) is 0 Å². The molecule has 0 saturated carbocycles. The predicted octanol–water partition coefficient (Wildman–Crippen LogP) is 0.751. The lowest BCUT2D eigenvalue weighted by atomic mass is 10.3. The van der Waals surface area contributed by atoms with Crippen LogP contribution in [0.25, 0.3) is 0 Å². The summed E-state index contributed by atoms with van der Waals surface area (Å²) in [6.45, 7) is 0. The minimum atomic E-state index is -0.529. The first-order valence-corrected chi connectivity index (χ1v) is 3.74. The van der Waals surface area contributed by atoms with Gasteiger partial charge in [-0.05, 0) is 0 Å². The summed E-state index contributed by atoms with van der Waals surface area (Å²) >= 11 is 0.930. The van der Waals surface area contributed by atoms with Crippen molar-refractivity contribution >= 4 is 22.2 Å². The minimum Gasteiger partial charge on any atom is -0.409 e. The van der Waals surface area contributed by atoms with E-state index < -0.39 is 4.92 Å². The van der Waals surface area contributed by atoms with Gasteiger partial charge in [0, 0.05) is 17.0 Å². The van der Waals surface area contributed by atoms with Crippen LogP contribution in [0.4, 0.5) is 5.00 Å². The second kappa shape index (κ2) is 3.18. The standard InChI is InChI=1S/C5H5N3O3S/c6-5(7-9)3-1-4(8(10)11)12-2-3/h1-2,9H,(H2,6,7). The Bertz CT molecular complexity index is 332. The van der Waals surface area contributed by atoms with E-state index in [-0.39, 0.29) is 10.8 Å². The quantitative estimate of drug-likeness (QED) is 0.234. The highest BCUT2D eigenvalue weighted by Gasteiger charge is 2.11. The Morgan fingerprint density at radius 2 is 2.50 bits per heavy atom. The van der Waals surface area contributed by atoms with Gasteiger partial charge < -0.3 is 10.9 Å². The molecule has 3 N–H and O–H groups in total. The van der Waals surface area contributed by atoms with Crippen LogP contribution in [-0.2, 0) is 0 Å². The summed E-state index contributed by atoms with van der Waals surface area (Å²) in [7, 11) is 0. The second-order valence-corrected chi connectivity index (χ2v) is 2.81. The highest BCUT2D eigenvalue weighted by atomic mass is 32.1. The Morgan fingerprint density at radius 3 is 2.92 bits per heavy atom. The van der Waals surface area contributed by atoms with Crippen LogP contribution in [0.15, 0.2) is 16.6 Å². The van der Waals surface area contributed by atoms with Gasteiger partial charge >= 0.3 is 5.00 Å². The minimum absolute atomic E-state index is 0.0309. The lowest BCUT2D eigenvalue weighted by Gasteiger charge is -1.87. The van der Waals surface area contributed by atoms with Gasteiger partial charge in [0.15, 0.2) is 5.84 Å². The van der Waals surface area contributed by atoms with E-state index in [0.717, 1.165) is 11.3 Å². The summed E-state index contributed by atoms with van der Waals surface area (Å²) in [6, 6.07) is 1.25. The van der Waals surface area contributed by atoms with E-state index >= 15 is 0 Å². The number of nitro groups is 1. The lowest BCUT2D eigenvalue weighted by molar-refractivity contribution is -0.380. The Kier molecular flexibility index (Phi) is 2.24. The Hall–Kier alpha value is -1.63. The monoisotopic (exact) mass is 187 g/mol. The van der Waals surface area contributed by atoms with Crippen molar-refractivity contribution in [2.75, 3.05) is 0 Å². The average molecular weight is 187 g/mol. The van der Waals surface area contributed by atoms with E-state index in [1.165, 1.54) is 11.4 Å². The molecule has 1 aromatic rings. The molecule has 0 aromatic carbocycles. The van der Waals surface area contributed by atoms with Crippen molar-refractivity contribution in [3.63, 3.8) is 0 Å². The van der Waals surface area contributed by atoms with E-state index in [2.05, 4.69) is 5.16 Å². The summed E-state index contributed by atoms with van der Waals surface area (Å²) in [5.41, 5.74) is 5.55. The predicted molar refractivity (Wildman–Crippen MR) is 43.5 cm³/mol. The number of amidine groups is 1. The number of rotatable bonds is 2. The SMILES string of the molecule is NC(=NO)c1csc([N+](=O)[O-])c1. The van der Waals surface area contributed by atoms with Crippen molar-refractivity contribution in [3.05, 3.63) is 27.1 Å². The Morgan fingerprint density at radius 1 is 1.83 bits per heavy atom. The highest BCUT2D eigenvalue weighted by molar-refractivity contribution is 7.13. The van der Waals surface area contributed by atoms with Crippen LogP contribution >= 0.6 is 11.3 Å². The van der Waals surface area contributed by atoms with Gasteiger partial charge in [-0.2, -0.15) is 0 Å². The number of hydrogen-bond acceptors (Lipinski definition) is 5. The molecular weight excluding hydrogens is 182 g/mol. The average Bonchev–Trinajstić information content (AvgIpc) is 2.51. The molecule has 1 aromatic heterocycles. The topological polar surface area (TPSA) is 102 Å². The van der Waals surface area contributed by atoms with Gasteiger partial charge in [-0.15, -0.1) is 0 Å². The first-order chi connectivity index (χ1) is 5.65. The van der Waals surface area contributed by atoms with Crippen molar-refractivity contribution in [2.45, 2.75) is 0 Å². The molecule has 0 fully saturated rings. The van der Waals surface area contributed by atoms with E-state index in [4.69, 9.17) is 10.9 Å². The number of oxime groups is 1. The third kappa shape index (κ3) is 1.51. The summed E-state index contributed by atoms with van der Waals surface area (Å²) in [4.78, 5) is 9.67. The highest BCUT2D eigenvalue weighted by Crippen LogP contribution is 2.21. The zero-order valence-electron chi connectivity index (χ0n) is 5.80. The van der Waals surface area contributed by atoms with Gasteiger partial charge in [0.1, 0.15) is 0 Å². The fraction of sp³-hybridized carbons (Fsp3) is 0. The molecule has 0 bridgehead atoms. The molecule has 0 spiro atoms. The normalized spacial score (nSPS) is 11.5. The molecule has 1 rings (SSSR count). The van der Waals surface area contributed by atoms with E-state index in [9.17, 15) is 10.1 Å². The molecular formula is C5H5N3O3S. The van der Waals surface area contributed by atoms with Gasteiger partial charge in [0.2, 0.25) is 0 Å². The van der Waals surface area contributed by atoms with Crippen LogP contribution in [-0.4, -0.2) is 16.0 Å². The fourth-order valence-electron chi connectivity index (χ4n) is 0.613. The van der Waals surface area contributed by atoms with E-state index in [1.807, 2.05) is 0 Å². The molecule has 0 aliphatic carbocycles.